The first-order valence-corrected chi connectivity index (χ1v) is 16.7. The molecule has 0 bridgehead atoms. The van der Waals surface area contributed by atoms with Crippen LogP contribution < -0.4 is 0 Å². The van der Waals surface area contributed by atoms with Gasteiger partial charge < -0.3 is 9.13 Å². The van der Waals surface area contributed by atoms with Crippen LogP contribution in [0.3, 0.4) is 0 Å². The SMILES string of the molecule is N#Cc1cccc(C#N)c1-c1ccc2c(c1)c1cc(-c3c(C#N)cccc3C#N)ccc1n2-c1cccc(-n2c3ccccc3c3ccccc32)c1. The number of nitriles is 4. The lowest BCUT2D eigenvalue weighted by Gasteiger charge is -2.13. The molecule has 0 N–H and O–H groups in total. The van der Waals surface area contributed by atoms with Gasteiger partial charge in [0.2, 0.25) is 0 Å². The van der Waals surface area contributed by atoms with Crippen molar-refractivity contribution >= 4 is 43.6 Å². The number of rotatable bonds is 4. The van der Waals surface area contributed by atoms with E-state index in [-0.39, 0.29) is 0 Å². The zero-order chi connectivity index (χ0) is 35.3. The Morgan fingerprint density at radius 3 is 1.10 bits per heavy atom. The molecule has 52 heavy (non-hydrogen) atoms. The lowest BCUT2D eigenvalue weighted by atomic mass is 9.93. The molecule has 2 aromatic heterocycles. The molecule has 0 aliphatic heterocycles. The van der Waals surface area contributed by atoms with E-state index in [0.29, 0.717) is 33.4 Å². The van der Waals surface area contributed by atoms with Crippen LogP contribution in [0.1, 0.15) is 22.3 Å². The minimum atomic E-state index is 0.420. The van der Waals surface area contributed by atoms with Crippen molar-refractivity contribution in [1.82, 2.24) is 9.13 Å². The molecule has 0 unspecified atom stereocenters. The standard InChI is InChI=1S/C46H24N6/c47-25-31-8-5-9-32(26-48)45(31)29-18-20-43-39(22-29)40-23-30(46-33(27-49)10-6-11-34(46)28-50)19-21-44(40)52(43)36-13-7-12-35(24-36)51-41-16-3-1-14-37(41)38-15-2-4-17-42(38)51/h1-24H. The number of hydrogen-bond donors (Lipinski definition) is 0. The summed E-state index contributed by atoms with van der Waals surface area (Å²) in [4.78, 5) is 0. The predicted molar refractivity (Wildman–Crippen MR) is 205 cm³/mol. The van der Waals surface area contributed by atoms with Gasteiger partial charge in [-0.15, -0.1) is 0 Å². The average Bonchev–Trinajstić information content (AvgIpc) is 3.72. The maximum atomic E-state index is 10.0. The molecule has 0 aliphatic carbocycles. The topological polar surface area (TPSA) is 105 Å². The van der Waals surface area contributed by atoms with Gasteiger partial charge in [0, 0.05) is 44.0 Å². The Balaban J connectivity index is 1.34. The second kappa shape index (κ2) is 11.9. The molecule has 0 fully saturated rings. The van der Waals surface area contributed by atoms with Gasteiger partial charge in [-0.25, -0.2) is 0 Å². The van der Waals surface area contributed by atoms with E-state index >= 15 is 0 Å². The maximum absolute atomic E-state index is 10.0. The third kappa shape index (κ3) is 4.47. The fourth-order valence-corrected chi connectivity index (χ4v) is 7.68. The van der Waals surface area contributed by atoms with Gasteiger partial charge in [0.05, 0.1) is 68.6 Å². The van der Waals surface area contributed by atoms with Crippen molar-refractivity contribution in [3.63, 3.8) is 0 Å². The zero-order valence-electron chi connectivity index (χ0n) is 27.5. The van der Waals surface area contributed by atoms with Crippen LogP contribution in [0.2, 0.25) is 0 Å². The Bertz CT molecular complexity index is 2880. The highest BCUT2D eigenvalue weighted by Crippen LogP contribution is 2.40. The quantitative estimate of drug-likeness (QED) is 0.187. The molecule has 6 nitrogen and oxygen atoms in total. The normalized spacial score (nSPS) is 11.0. The highest BCUT2D eigenvalue weighted by Gasteiger charge is 2.20. The lowest BCUT2D eigenvalue weighted by Crippen LogP contribution is -1.98. The van der Waals surface area contributed by atoms with Crippen molar-refractivity contribution in [2.75, 3.05) is 0 Å². The van der Waals surface area contributed by atoms with Gasteiger partial charge in [0.25, 0.3) is 0 Å². The summed E-state index contributed by atoms with van der Waals surface area (Å²) in [5.41, 5.74) is 10.4. The third-order valence-electron chi connectivity index (χ3n) is 9.88. The molecule has 0 amide bonds. The zero-order valence-corrected chi connectivity index (χ0v) is 27.5. The van der Waals surface area contributed by atoms with E-state index in [1.165, 1.54) is 10.8 Å². The summed E-state index contributed by atoms with van der Waals surface area (Å²) in [5.74, 6) is 0. The van der Waals surface area contributed by atoms with Crippen molar-refractivity contribution in [1.29, 1.82) is 21.0 Å². The molecule has 0 spiro atoms. The highest BCUT2D eigenvalue weighted by atomic mass is 15.0. The molecule has 9 aromatic rings. The van der Waals surface area contributed by atoms with Crippen molar-refractivity contribution in [2.45, 2.75) is 0 Å². The monoisotopic (exact) mass is 660 g/mol. The fourth-order valence-electron chi connectivity index (χ4n) is 7.68. The first kappa shape index (κ1) is 30.2. The summed E-state index contributed by atoms with van der Waals surface area (Å²) in [6.07, 6.45) is 0. The molecule has 9 rings (SSSR count). The Labute approximate surface area is 298 Å². The van der Waals surface area contributed by atoms with E-state index in [1.54, 1.807) is 36.4 Å². The minimum absolute atomic E-state index is 0.420. The molecule has 238 valence electrons. The summed E-state index contributed by atoms with van der Waals surface area (Å²) in [5, 5.41) is 44.2. The molecule has 0 saturated carbocycles. The van der Waals surface area contributed by atoms with Gasteiger partial charge in [0.1, 0.15) is 0 Å². The lowest BCUT2D eigenvalue weighted by molar-refractivity contribution is 1.13. The second-order valence-corrected chi connectivity index (χ2v) is 12.6. The van der Waals surface area contributed by atoms with Crippen LogP contribution in [0.5, 0.6) is 0 Å². The van der Waals surface area contributed by atoms with E-state index in [1.807, 2.05) is 36.4 Å². The third-order valence-corrected chi connectivity index (χ3v) is 9.88. The molecule has 0 aliphatic rings. The summed E-state index contributed by atoms with van der Waals surface area (Å²) < 4.78 is 4.52. The van der Waals surface area contributed by atoms with Gasteiger partial charge in [-0.2, -0.15) is 21.0 Å². The van der Waals surface area contributed by atoms with Gasteiger partial charge in [0.15, 0.2) is 0 Å². The van der Waals surface area contributed by atoms with Crippen molar-refractivity contribution in [3.05, 3.63) is 168 Å². The summed E-state index contributed by atoms with van der Waals surface area (Å²) in [7, 11) is 0. The molecular formula is C46H24N6. The number of benzene rings is 7. The van der Waals surface area contributed by atoms with Crippen LogP contribution >= 0.6 is 0 Å². The van der Waals surface area contributed by atoms with Crippen LogP contribution in [0, 0.1) is 45.3 Å². The molecule has 2 heterocycles. The Morgan fingerprint density at radius 2 is 0.692 bits per heavy atom. The first-order valence-electron chi connectivity index (χ1n) is 16.7. The van der Waals surface area contributed by atoms with E-state index in [4.69, 9.17) is 0 Å². The largest absolute Gasteiger partial charge is 0.309 e. The van der Waals surface area contributed by atoms with E-state index in [9.17, 15) is 21.0 Å². The Hall–Kier alpha value is -7.90. The van der Waals surface area contributed by atoms with Gasteiger partial charge >= 0.3 is 0 Å². The van der Waals surface area contributed by atoms with Crippen LogP contribution in [0.4, 0.5) is 0 Å². The molecule has 7 aromatic carbocycles. The Morgan fingerprint density at radius 1 is 0.327 bits per heavy atom. The van der Waals surface area contributed by atoms with E-state index < -0.39 is 0 Å². The van der Waals surface area contributed by atoms with Gasteiger partial charge in [-0.3, -0.25) is 0 Å². The molecule has 0 radical (unpaired) electrons. The van der Waals surface area contributed by atoms with E-state index in [2.05, 4.69) is 106 Å². The van der Waals surface area contributed by atoms with Gasteiger partial charge in [-0.05, 0) is 90.0 Å². The maximum Gasteiger partial charge on any atom is 0.0998 e. The average molecular weight is 661 g/mol. The van der Waals surface area contributed by atoms with Crippen LogP contribution in [-0.2, 0) is 0 Å². The predicted octanol–water partition coefficient (Wildman–Crippen LogP) is 10.7. The van der Waals surface area contributed by atoms with Crippen LogP contribution in [0.25, 0.3) is 77.2 Å². The molecule has 0 atom stereocenters. The minimum Gasteiger partial charge on any atom is -0.309 e. The van der Waals surface area contributed by atoms with Crippen molar-refractivity contribution < 1.29 is 0 Å². The van der Waals surface area contributed by atoms with E-state index in [0.717, 1.165) is 55.3 Å². The van der Waals surface area contributed by atoms with Crippen molar-refractivity contribution in [3.8, 4) is 57.9 Å². The highest BCUT2D eigenvalue weighted by molar-refractivity contribution is 6.12. The van der Waals surface area contributed by atoms with Crippen LogP contribution in [0.15, 0.2) is 146 Å². The second-order valence-electron chi connectivity index (χ2n) is 12.6. The smallest absolute Gasteiger partial charge is 0.0998 e. The molecule has 0 saturated heterocycles. The molecule has 6 heteroatoms. The first-order chi connectivity index (χ1) is 25.6. The van der Waals surface area contributed by atoms with Crippen LogP contribution in [-0.4, -0.2) is 9.13 Å². The van der Waals surface area contributed by atoms with Gasteiger partial charge in [-0.1, -0.05) is 66.7 Å². The number of para-hydroxylation sites is 2. The number of fused-ring (bicyclic) bond motifs is 6. The molecular weight excluding hydrogens is 637 g/mol. The number of nitrogens with zero attached hydrogens (tertiary/aromatic N) is 6. The fraction of sp³-hybridized carbons (Fsp3) is 0. The summed E-state index contributed by atoms with van der Waals surface area (Å²) in [6, 6.07) is 56.8. The number of aromatic nitrogens is 2. The Kier molecular flexibility index (Phi) is 6.91. The van der Waals surface area contributed by atoms with Crippen molar-refractivity contribution in [2.24, 2.45) is 0 Å². The number of hydrogen-bond acceptors (Lipinski definition) is 4. The summed E-state index contributed by atoms with van der Waals surface area (Å²) in [6.45, 7) is 0. The summed E-state index contributed by atoms with van der Waals surface area (Å²) >= 11 is 0.